The molecule has 0 spiro atoms. The molecule has 24 heavy (non-hydrogen) atoms. The SMILES string of the molecule is C=C(C)CNC(=NCc1ccccc1C)NCCc1ccco1.I. The zero-order valence-corrected chi connectivity index (χ0v) is 16.7. The summed E-state index contributed by atoms with van der Waals surface area (Å²) in [5.41, 5.74) is 3.56. The number of aryl methyl sites for hydroxylation is 1. The molecule has 4 nitrogen and oxygen atoms in total. The topological polar surface area (TPSA) is 49.6 Å². The first kappa shape index (κ1) is 20.3. The molecule has 2 rings (SSSR count). The van der Waals surface area contributed by atoms with Crippen LogP contribution in [-0.2, 0) is 13.0 Å². The lowest BCUT2D eigenvalue weighted by atomic mass is 10.1. The molecule has 1 heterocycles. The minimum Gasteiger partial charge on any atom is -0.469 e. The van der Waals surface area contributed by atoms with E-state index < -0.39 is 0 Å². The van der Waals surface area contributed by atoms with Crippen molar-refractivity contribution in [1.82, 2.24) is 10.6 Å². The maximum absolute atomic E-state index is 5.34. The molecule has 1 aromatic heterocycles. The summed E-state index contributed by atoms with van der Waals surface area (Å²) < 4.78 is 5.34. The number of aliphatic imine (C=N–C) groups is 1. The number of nitrogens with zero attached hydrogens (tertiary/aromatic N) is 1. The first-order valence-corrected chi connectivity index (χ1v) is 7.88. The fraction of sp³-hybridized carbons (Fsp3) is 0.316. The summed E-state index contributed by atoms with van der Waals surface area (Å²) in [6.45, 7) is 10.1. The Bertz CT molecular complexity index is 650. The lowest BCUT2D eigenvalue weighted by Gasteiger charge is -2.12. The molecule has 0 radical (unpaired) electrons. The van der Waals surface area contributed by atoms with Crippen molar-refractivity contribution in [1.29, 1.82) is 0 Å². The molecular formula is C19H26IN3O. The maximum atomic E-state index is 5.34. The van der Waals surface area contributed by atoms with E-state index in [4.69, 9.17) is 4.42 Å². The average Bonchev–Trinajstić information content (AvgIpc) is 3.04. The lowest BCUT2D eigenvalue weighted by Crippen LogP contribution is -2.39. The summed E-state index contributed by atoms with van der Waals surface area (Å²) in [6, 6.07) is 12.2. The predicted octanol–water partition coefficient (Wildman–Crippen LogP) is 4.06. The summed E-state index contributed by atoms with van der Waals surface area (Å²) >= 11 is 0. The van der Waals surface area contributed by atoms with Gasteiger partial charge in [-0.1, -0.05) is 36.4 Å². The third-order valence-electron chi connectivity index (χ3n) is 3.47. The quantitative estimate of drug-likeness (QED) is 0.296. The molecule has 0 saturated heterocycles. The largest absolute Gasteiger partial charge is 0.469 e. The van der Waals surface area contributed by atoms with Crippen LogP contribution >= 0.6 is 24.0 Å². The Morgan fingerprint density at radius 2 is 1.96 bits per heavy atom. The number of hydrogen-bond acceptors (Lipinski definition) is 2. The lowest BCUT2D eigenvalue weighted by molar-refractivity contribution is 0.507. The van der Waals surface area contributed by atoms with Gasteiger partial charge >= 0.3 is 0 Å². The average molecular weight is 439 g/mol. The van der Waals surface area contributed by atoms with Crippen molar-refractivity contribution in [3.8, 4) is 0 Å². The van der Waals surface area contributed by atoms with Crippen LogP contribution in [-0.4, -0.2) is 19.0 Å². The van der Waals surface area contributed by atoms with Crippen molar-refractivity contribution in [3.63, 3.8) is 0 Å². The van der Waals surface area contributed by atoms with E-state index in [1.807, 2.05) is 31.2 Å². The molecule has 0 fully saturated rings. The third kappa shape index (κ3) is 7.21. The van der Waals surface area contributed by atoms with E-state index >= 15 is 0 Å². The Kier molecular flexibility index (Phi) is 9.22. The van der Waals surface area contributed by atoms with Gasteiger partial charge in [0.1, 0.15) is 5.76 Å². The summed E-state index contributed by atoms with van der Waals surface area (Å²) in [5.74, 6) is 1.76. The number of benzene rings is 1. The number of hydrogen-bond donors (Lipinski definition) is 2. The van der Waals surface area contributed by atoms with Crippen LogP contribution in [0.4, 0.5) is 0 Å². The van der Waals surface area contributed by atoms with E-state index in [0.717, 1.165) is 30.3 Å². The van der Waals surface area contributed by atoms with E-state index in [-0.39, 0.29) is 24.0 Å². The Hall–Kier alpha value is -1.76. The van der Waals surface area contributed by atoms with E-state index in [0.29, 0.717) is 13.1 Å². The van der Waals surface area contributed by atoms with Gasteiger partial charge in [-0.15, -0.1) is 24.0 Å². The zero-order valence-electron chi connectivity index (χ0n) is 14.3. The highest BCUT2D eigenvalue weighted by Gasteiger charge is 2.02. The Balaban J connectivity index is 0.00000288. The van der Waals surface area contributed by atoms with Crippen molar-refractivity contribution in [3.05, 3.63) is 71.7 Å². The third-order valence-corrected chi connectivity index (χ3v) is 3.47. The highest BCUT2D eigenvalue weighted by molar-refractivity contribution is 14.0. The molecule has 0 aliphatic heterocycles. The van der Waals surface area contributed by atoms with Crippen molar-refractivity contribution >= 4 is 29.9 Å². The van der Waals surface area contributed by atoms with Gasteiger partial charge in [-0.3, -0.25) is 0 Å². The van der Waals surface area contributed by atoms with Gasteiger partial charge in [-0.05, 0) is 37.1 Å². The van der Waals surface area contributed by atoms with Crippen LogP contribution in [0, 0.1) is 6.92 Å². The molecule has 0 amide bonds. The van der Waals surface area contributed by atoms with Crippen LogP contribution in [0.25, 0.3) is 0 Å². The molecule has 0 unspecified atom stereocenters. The normalized spacial score (nSPS) is 10.8. The van der Waals surface area contributed by atoms with Crippen molar-refractivity contribution in [2.75, 3.05) is 13.1 Å². The van der Waals surface area contributed by atoms with Gasteiger partial charge in [-0.25, -0.2) is 4.99 Å². The summed E-state index contributed by atoms with van der Waals surface area (Å²) in [4.78, 5) is 4.67. The zero-order chi connectivity index (χ0) is 16.5. The van der Waals surface area contributed by atoms with Crippen LogP contribution in [0.15, 0.2) is 64.2 Å². The highest BCUT2D eigenvalue weighted by Crippen LogP contribution is 2.08. The molecule has 2 aromatic rings. The fourth-order valence-corrected chi connectivity index (χ4v) is 2.12. The second-order valence-electron chi connectivity index (χ2n) is 5.66. The van der Waals surface area contributed by atoms with Crippen LogP contribution in [0.3, 0.4) is 0 Å². The molecule has 2 N–H and O–H groups in total. The smallest absolute Gasteiger partial charge is 0.191 e. The van der Waals surface area contributed by atoms with Crippen LogP contribution in [0.1, 0.15) is 23.8 Å². The monoisotopic (exact) mass is 439 g/mol. The first-order chi connectivity index (χ1) is 11.1. The number of nitrogens with one attached hydrogen (secondary N) is 2. The van der Waals surface area contributed by atoms with Crippen molar-refractivity contribution in [2.24, 2.45) is 4.99 Å². The molecule has 1 aromatic carbocycles. The number of furan rings is 1. The van der Waals surface area contributed by atoms with E-state index in [1.165, 1.54) is 11.1 Å². The van der Waals surface area contributed by atoms with Gasteiger partial charge in [-0.2, -0.15) is 0 Å². The summed E-state index contributed by atoms with van der Waals surface area (Å²) in [5, 5.41) is 6.64. The second kappa shape index (κ2) is 10.9. The number of halogens is 1. The van der Waals surface area contributed by atoms with Crippen LogP contribution in [0.5, 0.6) is 0 Å². The standard InChI is InChI=1S/C19H25N3O.HI/c1-15(2)13-21-19(20-11-10-18-9-6-12-23-18)22-14-17-8-5-4-7-16(17)3;/h4-9,12H,1,10-11,13-14H2,2-3H3,(H2,20,21,22);1H. The Morgan fingerprint density at radius 1 is 1.17 bits per heavy atom. The molecule has 5 heteroatoms. The van der Waals surface area contributed by atoms with Crippen LogP contribution in [0.2, 0.25) is 0 Å². The summed E-state index contributed by atoms with van der Waals surface area (Å²) in [6.07, 6.45) is 2.52. The minimum atomic E-state index is 0. The number of rotatable bonds is 7. The number of guanidine groups is 1. The highest BCUT2D eigenvalue weighted by atomic mass is 127. The molecule has 0 aliphatic rings. The van der Waals surface area contributed by atoms with Crippen LogP contribution < -0.4 is 10.6 Å². The predicted molar refractivity (Wildman–Crippen MR) is 111 cm³/mol. The van der Waals surface area contributed by atoms with Gasteiger partial charge in [0.2, 0.25) is 0 Å². The van der Waals surface area contributed by atoms with Gasteiger partial charge < -0.3 is 15.1 Å². The van der Waals surface area contributed by atoms with E-state index in [9.17, 15) is 0 Å². The summed E-state index contributed by atoms with van der Waals surface area (Å²) in [7, 11) is 0. The Morgan fingerprint density at radius 3 is 2.62 bits per heavy atom. The first-order valence-electron chi connectivity index (χ1n) is 7.88. The Labute approximate surface area is 161 Å². The van der Waals surface area contributed by atoms with Crippen molar-refractivity contribution in [2.45, 2.75) is 26.8 Å². The van der Waals surface area contributed by atoms with E-state index in [1.54, 1.807) is 6.26 Å². The maximum Gasteiger partial charge on any atom is 0.191 e. The van der Waals surface area contributed by atoms with Gasteiger partial charge in [0.05, 0.1) is 12.8 Å². The fourth-order valence-electron chi connectivity index (χ4n) is 2.12. The second-order valence-corrected chi connectivity index (χ2v) is 5.66. The minimum absolute atomic E-state index is 0. The molecule has 0 saturated carbocycles. The molecule has 0 aliphatic carbocycles. The van der Waals surface area contributed by atoms with Gasteiger partial charge in [0.25, 0.3) is 0 Å². The van der Waals surface area contributed by atoms with Crippen molar-refractivity contribution < 1.29 is 4.42 Å². The van der Waals surface area contributed by atoms with E-state index in [2.05, 4.69) is 41.3 Å². The van der Waals surface area contributed by atoms with Gasteiger partial charge in [0, 0.05) is 19.5 Å². The molecule has 0 atom stereocenters. The molecule has 0 bridgehead atoms. The molecule has 130 valence electrons. The van der Waals surface area contributed by atoms with Gasteiger partial charge in [0.15, 0.2) is 5.96 Å². The molecular weight excluding hydrogens is 413 g/mol.